The average molecular weight is 560 g/mol. The van der Waals surface area contributed by atoms with E-state index in [1.165, 1.54) is 0 Å². The quantitative estimate of drug-likeness (QED) is 0.367. The molecule has 0 radical (unpaired) electrons. The molecule has 0 bridgehead atoms. The molecule has 2 heterocycles. The Morgan fingerprint density at radius 2 is 1.60 bits per heavy atom. The van der Waals surface area contributed by atoms with Crippen LogP contribution in [0.2, 0.25) is 0 Å². The van der Waals surface area contributed by atoms with Crippen LogP contribution in [0.25, 0.3) is 22.4 Å². The van der Waals surface area contributed by atoms with E-state index in [2.05, 4.69) is 5.32 Å². The molecule has 2 aromatic carbocycles. The van der Waals surface area contributed by atoms with Crippen LogP contribution in [0.5, 0.6) is 0 Å². The molecule has 0 atom stereocenters. The molecule has 6 rings (SSSR count). The Bertz CT molecular complexity index is 1460. The van der Waals surface area contributed by atoms with E-state index in [4.69, 9.17) is 15.5 Å². The summed E-state index contributed by atoms with van der Waals surface area (Å²) in [7, 11) is -2.92. The number of aromatic nitrogens is 1. The zero-order chi connectivity index (χ0) is 27.7. The van der Waals surface area contributed by atoms with Crippen molar-refractivity contribution < 1.29 is 17.9 Å². The monoisotopic (exact) mass is 559 g/mol. The number of hydrogen-bond donors (Lipinski definition) is 2. The van der Waals surface area contributed by atoms with E-state index in [1.54, 1.807) is 6.20 Å². The van der Waals surface area contributed by atoms with Crippen LogP contribution < -0.4 is 11.1 Å². The number of hydrogen-bond acceptors (Lipinski definition) is 6. The second-order valence-corrected chi connectivity index (χ2v) is 14.2. The van der Waals surface area contributed by atoms with Gasteiger partial charge in [-0.05, 0) is 67.6 Å². The van der Waals surface area contributed by atoms with E-state index in [9.17, 15) is 13.2 Å². The van der Waals surface area contributed by atoms with Crippen LogP contribution in [0, 0.1) is 11.8 Å². The second kappa shape index (κ2) is 11.1. The van der Waals surface area contributed by atoms with E-state index in [-0.39, 0.29) is 23.0 Å². The van der Waals surface area contributed by atoms with Crippen molar-refractivity contribution in [1.82, 2.24) is 4.98 Å². The zero-order valence-electron chi connectivity index (χ0n) is 22.7. The average Bonchev–Trinajstić information content (AvgIpc) is 3.80. The number of amides is 1. The van der Waals surface area contributed by atoms with Gasteiger partial charge in [-0.1, -0.05) is 54.6 Å². The second-order valence-electron chi connectivity index (χ2n) is 11.9. The molecule has 3 N–H and O–H groups in total. The van der Waals surface area contributed by atoms with Gasteiger partial charge in [0.2, 0.25) is 5.91 Å². The topological polar surface area (TPSA) is 111 Å². The van der Waals surface area contributed by atoms with Crippen LogP contribution in [0.4, 0.5) is 5.69 Å². The number of benzene rings is 2. The number of ether oxygens (including phenoxy) is 1. The Balaban J connectivity index is 1.12. The van der Waals surface area contributed by atoms with Gasteiger partial charge in [-0.15, -0.1) is 0 Å². The fourth-order valence-corrected chi connectivity index (χ4v) is 8.13. The SMILES string of the molecule is NC1(c2ccc(-c3ncc(NC(=O)CC4CCC(CS(=O)(=O)C5CC5)CC4)cc3-c3ccccc3)cc2)COC1. The van der Waals surface area contributed by atoms with Gasteiger partial charge in [-0.3, -0.25) is 9.78 Å². The summed E-state index contributed by atoms with van der Waals surface area (Å²) in [4.78, 5) is 17.8. The molecule has 2 saturated carbocycles. The lowest BCUT2D eigenvalue weighted by atomic mass is 9.81. The molecule has 1 aliphatic heterocycles. The van der Waals surface area contributed by atoms with Gasteiger partial charge in [0.25, 0.3) is 0 Å². The number of nitrogens with one attached hydrogen (secondary N) is 1. The van der Waals surface area contributed by atoms with E-state index in [1.807, 2.05) is 60.7 Å². The maximum atomic E-state index is 13.0. The minimum Gasteiger partial charge on any atom is -0.377 e. The molecule has 7 nitrogen and oxygen atoms in total. The van der Waals surface area contributed by atoms with Crippen LogP contribution in [-0.4, -0.2) is 43.5 Å². The maximum absolute atomic E-state index is 13.0. The first-order valence-electron chi connectivity index (χ1n) is 14.3. The number of sulfone groups is 1. The Morgan fingerprint density at radius 3 is 2.23 bits per heavy atom. The summed E-state index contributed by atoms with van der Waals surface area (Å²) in [6.45, 7) is 1.05. The smallest absolute Gasteiger partial charge is 0.224 e. The normalized spacial score (nSPS) is 22.3. The number of pyridine rings is 1. The van der Waals surface area contributed by atoms with Crippen molar-refractivity contribution in [3.8, 4) is 22.4 Å². The van der Waals surface area contributed by atoms with Gasteiger partial charge in [0, 0.05) is 17.5 Å². The van der Waals surface area contributed by atoms with Crippen molar-refractivity contribution in [2.75, 3.05) is 24.3 Å². The van der Waals surface area contributed by atoms with Crippen molar-refractivity contribution in [3.05, 3.63) is 72.4 Å². The first-order chi connectivity index (χ1) is 19.3. The third kappa shape index (κ3) is 5.99. The molecule has 3 fully saturated rings. The van der Waals surface area contributed by atoms with E-state index in [0.717, 1.165) is 66.5 Å². The van der Waals surface area contributed by atoms with Crippen LogP contribution >= 0.6 is 0 Å². The first kappa shape index (κ1) is 27.1. The summed E-state index contributed by atoms with van der Waals surface area (Å²) in [5.41, 5.74) is 11.5. The highest BCUT2D eigenvalue weighted by Gasteiger charge is 2.38. The third-order valence-electron chi connectivity index (χ3n) is 8.65. The van der Waals surface area contributed by atoms with Gasteiger partial charge < -0.3 is 15.8 Å². The van der Waals surface area contributed by atoms with Crippen LogP contribution in [0.3, 0.4) is 0 Å². The highest BCUT2D eigenvalue weighted by Crippen LogP contribution is 2.37. The van der Waals surface area contributed by atoms with Crippen molar-refractivity contribution in [1.29, 1.82) is 0 Å². The van der Waals surface area contributed by atoms with Crippen molar-refractivity contribution in [2.24, 2.45) is 17.6 Å². The molecule has 1 amide bonds. The summed E-state index contributed by atoms with van der Waals surface area (Å²) in [6.07, 6.45) is 7.39. The number of carbonyl (C=O) groups is 1. The lowest BCUT2D eigenvalue weighted by Crippen LogP contribution is -2.54. The number of carbonyl (C=O) groups excluding carboxylic acids is 1. The van der Waals surface area contributed by atoms with E-state index >= 15 is 0 Å². The molecule has 1 saturated heterocycles. The van der Waals surface area contributed by atoms with Crippen molar-refractivity contribution in [2.45, 2.75) is 55.7 Å². The highest BCUT2D eigenvalue weighted by atomic mass is 32.2. The van der Waals surface area contributed by atoms with E-state index in [0.29, 0.717) is 31.1 Å². The predicted octanol–water partition coefficient (Wildman–Crippen LogP) is 5.31. The molecule has 210 valence electrons. The summed E-state index contributed by atoms with van der Waals surface area (Å²) in [5.74, 6) is 0.817. The molecular formula is C32H37N3O4S. The number of nitrogens with two attached hydrogens (primary N) is 1. The summed E-state index contributed by atoms with van der Waals surface area (Å²) < 4.78 is 30.0. The molecular weight excluding hydrogens is 522 g/mol. The number of anilines is 1. The fraction of sp³-hybridized carbons (Fsp3) is 0.438. The van der Waals surface area contributed by atoms with E-state index < -0.39 is 15.4 Å². The molecule has 3 aliphatic rings. The van der Waals surface area contributed by atoms with Gasteiger partial charge in [0.15, 0.2) is 9.84 Å². The third-order valence-corrected chi connectivity index (χ3v) is 11.1. The zero-order valence-corrected chi connectivity index (χ0v) is 23.5. The van der Waals surface area contributed by atoms with Gasteiger partial charge in [0.05, 0.1) is 47.3 Å². The number of nitrogens with zero attached hydrogens (tertiary/aromatic N) is 1. The molecule has 1 aromatic heterocycles. The summed E-state index contributed by atoms with van der Waals surface area (Å²) in [6, 6.07) is 20.2. The maximum Gasteiger partial charge on any atom is 0.224 e. The Hall–Kier alpha value is -3.07. The largest absolute Gasteiger partial charge is 0.377 e. The molecule has 0 unspecified atom stereocenters. The summed E-state index contributed by atoms with van der Waals surface area (Å²) in [5, 5.41) is 2.98. The minimum atomic E-state index is -2.92. The van der Waals surface area contributed by atoms with Gasteiger partial charge in [0.1, 0.15) is 0 Å². The first-order valence-corrected chi connectivity index (χ1v) is 16.0. The highest BCUT2D eigenvalue weighted by molar-refractivity contribution is 7.92. The lowest BCUT2D eigenvalue weighted by Gasteiger charge is -2.38. The van der Waals surface area contributed by atoms with Gasteiger partial charge in [-0.2, -0.15) is 0 Å². The predicted molar refractivity (Wildman–Crippen MR) is 157 cm³/mol. The fourth-order valence-electron chi connectivity index (χ4n) is 6.02. The van der Waals surface area contributed by atoms with Gasteiger partial charge in [-0.25, -0.2) is 8.42 Å². The Kier molecular flexibility index (Phi) is 7.50. The van der Waals surface area contributed by atoms with Crippen molar-refractivity contribution in [3.63, 3.8) is 0 Å². The molecule has 40 heavy (non-hydrogen) atoms. The van der Waals surface area contributed by atoms with Gasteiger partial charge >= 0.3 is 0 Å². The summed E-state index contributed by atoms with van der Waals surface area (Å²) >= 11 is 0. The molecule has 3 aromatic rings. The van der Waals surface area contributed by atoms with Crippen LogP contribution in [-0.2, 0) is 24.9 Å². The Morgan fingerprint density at radius 1 is 0.925 bits per heavy atom. The van der Waals surface area contributed by atoms with Crippen molar-refractivity contribution >= 4 is 21.4 Å². The molecule has 8 heteroatoms. The number of rotatable bonds is 9. The minimum absolute atomic E-state index is 0.0251. The standard InChI is InChI=1S/C32H37N3O4S/c33-32(20-39-21-32)26-12-10-25(11-13-26)31-29(24-4-2-1-3-5-24)17-27(18-34-31)35-30(36)16-22-6-8-23(9-7-22)19-40(37,38)28-14-15-28/h1-5,10-13,17-18,22-23,28H,6-9,14-16,19-21,33H2,(H,35,36). The molecule has 2 aliphatic carbocycles. The lowest BCUT2D eigenvalue weighted by molar-refractivity contribution is -0.117. The van der Waals surface area contributed by atoms with Crippen LogP contribution in [0.15, 0.2) is 66.9 Å². The Labute approximate surface area is 236 Å². The van der Waals surface area contributed by atoms with Crippen LogP contribution in [0.1, 0.15) is 50.5 Å². The molecule has 0 spiro atoms.